The standard InChI is InChI=1S/C59H43N3/c1-59(34-32-45(33-35-59)61-55-20-10-6-16-49(55)50-17-7-11-21-56(50)61)43-26-31-58-52(38-43)51-37-42(25-30-57(51)62(58)46-29-24-39-12-2-3-13-41(39)36-46)40-22-27-44(28-23-40)60-53-18-8-4-14-47(53)48-15-5-9-19-54(48)60/h2-25,27-30,32-34,36-38H,26,31,35H2,1H3. The van der Waals surface area contributed by atoms with Crippen LogP contribution in [-0.4, -0.2) is 13.7 Å². The number of allylic oxidation sites excluding steroid dienone is 5. The Morgan fingerprint density at radius 2 is 0.984 bits per heavy atom. The van der Waals surface area contributed by atoms with E-state index in [1.165, 1.54) is 110 Å². The van der Waals surface area contributed by atoms with Crippen molar-refractivity contribution in [1.29, 1.82) is 0 Å². The smallest absolute Gasteiger partial charge is 0.0541 e. The summed E-state index contributed by atoms with van der Waals surface area (Å²) in [5.41, 5.74) is 16.5. The Kier molecular flexibility index (Phi) is 7.62. The Bertz CT molecular complexity index is 3620. The lowest BCUT2D eigenvalue weighted by Gasteiger charge is -2.33. The largest absolute Gasteiger partial charge is 0.313 e. The third-order valence-corrected chi connectivity index (χ3v) is 14.0. The van der Waals surface area contributed by atoms with E-state index in [-0.39, 0.29) is 5.41 Å². The zero-order valence-corrected chi connectivity index (χ0v) is 34.6. The second-order valence-corrected chi connectivity index (χ2v) is 17.5. The minimum absolute atomic E-state index is 0.0857. The second-order valence-electron chi connectivity index (χ2n) is 17.5. The van der Waals surface area contributed by atoms with Crippen molar-refractivity contribution in [2.45, 2.75) is 26.2 Å². The van der Waals surface area contributed by atoms with Gasteiger partial charge in [0.1, 0.15) is 0 Å². The van der Waals surface area contributed by atoms with Gasteiger partial charge in [-0.25, -0.2) is 0 Å². The van der Waals surface area contributed by atoms with Crippen LogP contribution in [-0.2, 0) is 6.42 Å². The summed E-state index contributed by atoms with van der Waals surface area (Å²) >= 11 is 0. The maximum absolute atomic E-state index is 2.55. The molecule has 0 amide bonds. The van der Waals surface area contributed by atoms with Crippen molar-refractivity contribution in [3.05, 3.63) is 217 Å². The average Bonchev–Trinajstić information content (AvgIpc) is 3.97. The van der Waals surface area contributed by atoms with E-state index < -0.39 is 0 Å². The molecule has 2 aliphatic rings. The van der Waals surface area contributed by atoms with Gasteiger partial charge in [-0.15, -0.1) is 0 Å². The van der Waals surface area contributed by atoms with Crippen LogP contribution in [0.3, 0.4) is 0 Å². The Labute approximate surface area is 360 Å². The summed E-state index contributed by atoms with van der Waals surface area (Å²) in [7, 11) is 0. The highest BCUT2D eigenvalue weighted by Gasteiger charge is 2.32. The second kappa shape index (κ2) is 13.4. The molecule has 2 aliphatic carbocycles. The van der Waals surface area contributed by atoms with Crippen LogP contribution in [0, 0.1) is 5.41 Å². The van der Waals surface area contributed by atoms with Gasteiger partial charge in [-0.2, -0.15) is 0 Å². The Hall–Kier alpha value is -7.62. The minimum atomic E-state index is -0.0857. The number of aromatic nitrogens is 3. The molecule has 62 heavy (non-hydrogen) atoms. The van der Waals surface area contributed by atoms with E-state index in [1.807, 2.05) is 0 Å². The molecule has 294 valence electrons. The normalized spacial score (nSPS) is 16.5. The zero-order chi connectivity index (χ0) is 40.9. The van der Waals surface area contributed by atoms with Gasteiger partial charge < -0.3 is 13.7 Å². The van der Waals surface area contributed by atoms with Crippen molar-refractivity contribution in [2.24, 2.45) is 5.41 Å². The zero-order valence-electron chi connectivity index (χ0n) is 34.6. The maximum Gasteiger partial charge on any atom is 0.0541 e. The summed E-state index contributed by atoms with van der Waals surface area (Å²) in [5.74, 6) is 0. The molecule has 0 saturated heterocycles. The van der Waals surface area contributed by atoms with E-state index in [2.05, 4.69) is 227 Å². The number of hydrogen-bond donors (Lipinski definition) is 0. The molecule has 0 N–H and O–H groups in total. The molecular formula is C59H43N3. The highest BCUT2D eigenvalue weighted by atomic mass is 15.0. The highest BCUT2D eigenvalue weighted by molar-refractivity contribution is 6.11. The Balaban J connectivity index is 0.918. The van der Waals surface area contributed by atoms with Crippen molar-refractivity contribution in [3.8, 4) is 22.5 Å². The first-order chi connectivity index (χ1) is 30.6. The summed E-state index contributed by atoms with van der Waals surface area (Å²) in [6, 6.07) is 67.0. The van der Waals surface area contributed by atoms with Gasteiger partial charge in [0.05, 0.1) is 27.6 Å². The van der Waals surface area contributed by atoms with Crippen LogP contribution < -0.4 is 0 Å². The van der Waals surface area contributed by atoms with E-state index >= 15 is 0 Å². The lowest BCUT2D eigenvalue weighted by Crippen LogP contribution is -2.21. The summed E-state index contributed by atoms with van der Waals surface area (Å²) < 4.78 is 7.38. The first-order valence-electron chi connectivity index (χ1n) is 21.9. The highest BCUT2D eigenvalue weighted by Crippen LogP contribution is 2.47. The molecule has 1 unspecified atom stereocenters. The molecule has 0 saturated carbocycles. The van der Waals surface area contributed by atoms with Gasteiger partial charge in [0.15, 0.2) is 0 Å². The van der Waals surface area contributed by atoms with Crippen molar-refractivity contribution in [1.82, 2.24) is 13.7 Å². The fourth-order valence-electron chi connectivity index (χ4n) is 10.8. The van der Waals surface area contributed by atoms with Gasteiger partial charge in [-0.3, -0.25) is 0 Å². The van der Waals surface area contributed by atoms with Gasteiger partial charge in [0.2, 0.25) is 0 Å². The third kappa shape index (κ3) is 5.24. The van der Waals surface area contributed by atoms with Crippen molar-refractivity contribution in [2.75, 3.05) is 0 Å². The third-order valence-electron chi connectivity index (χ3n) is 14.0. The van der Waals surface area contributed by atoms with Gasteiger partial charge in [-0.1, -0.05) is 152 Å². The molecule has 3 heterocycles. The van der Waals surface area contributed by atoms with Gasteiger partial charge in [0.25, 0.3) is 0 Å². The number of rotatable bonds is 5. The Morgan fingerprint density at radius 3 is 1.61 bits per heavy atom. The number of nitrogens with zero attached hydrogens (tertiary/aromatic N) is 3. The van der Waals surface area contributed by atoms with Crippen molar-refractivity contribution >= 4 is 77.1 Å². The molecule has 0 spiro atoms. The molecule has 3 nitrogen and oxygen atoms in total. The lowest BCUT2D eigenvalue weighted by atomic mass is 9.72. The van der Waals surface area contributed by atoms with Crippen molar-refractivity contribution in [3.63, 3.8) is 0 Å². The number of hydrogen-bond acceptors (Lipinski definition) is 0. The summed E-state index contributed by atoms with van der Waals surface area (Å²) in [5, 5.41) is 8.99. The van der Waals surface area contributed by atoms with Crippen LogP contribution in [0.5, 0.6) is 0 Å². The van der Waals surface area contributed by atoms with Crippen LogP contribution in [0.1, 0.15) is 31.0 Å². The van der Waals surface area contributed by atoms with Crippen LogP contribution in [0.4, 0.5) is 0 Å². The molecule has 0 bridgehead atoms. The van der Waals surface area contributed by atoms with E-state index in [0.717, 1.165) is 19.3 Å². The average molecular weight is 794 g/mol. The van der Waals surface area contributed by atoms with Crippen LogP contribution in [0.15, 0.2) is 206 Å². The predicted octanol–water partition coefficient (Wildman–Crippen LogP) is 15.5. The van der Waals surface area contributed by atoms with Gasteiger partial charge in [-0.05, 0) is 108 Å². The van der Waals surface area contributed by atoms with Crippen LogP contribution in [0.25, 0.3) is 99.6 Å². The summed E-state index contributed by atoms with van der Waals surface area (Å²) in [4.78, 5) is 0. The molecule has 8 aromatic carbocycles. The molecule has 3 heteroatoms. The number of fused-ring (bicyclic) bond motifs is 10. The molecule has 3 aromatic heterocycles. The molecule has 0 radical (unpaired) electrons. The fraction of sp³-hybridized carbons (Fsp3) is 0.0847. The SMILES string of the molecule is CC1(C2=Cc3c(n(-c4ccc5ccccc5c4)c4ccc(-c5ccc(-n6c7ccccc7c7ccccc76)cc5)cc34)CC2)C=CC(n2c3ccccc3c3ccccc32)=CC1. The van der Waals surface area contributed by atoms with Gasteiger partial charge in [0, 0.05) is 60.7 Å². The van der Waals surface area contributed by atoms with E-state index in [1.54, 1.807) is 0 Å². The molecule has 0 aliphatic heterocycles. The first-order valence-corrected chi connectivity index (χ1v) is 21.9. The summed E-state index contributed by atoms with van der Waals surface area (Å²) in [6.45, 7) is 2.44. The molecular weight excluding hydrogens is 751 g/mol. The maximum atomic E-state index is 2.55. The minimum Gasteiger partial charge on any atom is -0.313 e. The fourth-order valence-corrected chi connectivity index (χ4v) is 10.8. The number of para-hydroxylation sites is 4. The molecule has 13 rings (SSSR count). The van der Waals surface area contributed by atoms with Gasteiger partial charge >= 0.3 is 0 Å². The topological polar surface area (TPSA) is 14.8 Å². The Morgan fingerprint density at radius 1 is 0.435 bits per heavy atom. The molecule has 0 fully saturated rings. The van der Waals surface area contributed by atoms with Crippen LogP contribution in [0.2, 0.25) is 0 Å². The number of benzene rings is 8. The quantitative estimate of drug-likeness (QED) is 0.165. The van der Waals surface area contributed by atoms with Crippen LogP contribution >= 0.6 is 0 Å². The molecule has 11 aromatic rings. The van der Waals surface area contributed by atoms with E-state index in [9.17, 15) is 0 Å². The molecule has 1 atom stereocenters. The van der Waals surface area contributed by atoms with E-state index in [4.69, 9.17) is 0 Å². The first kappa shape index (κ1) is 35.2. The monoisotopic (exact) mass is 793 g/mol. The lowest BCUT2D eigenvalue weighted by molar-refractivity contribution is 0.496. The van der Waals surface area contributed by atoms with Crippen molar-refractivity contribution < 1.29 is 0 Å². The van der Waals surface area contributed by atoms with E-state index in [0.29, 0.717) is 0 Å². The summed E-state index contributed by atoms with van der Waals surface area (Å²) in [6.07, 6.45) is 12.8. The predicted molar refractivity (Wildman–Crippen MR) is 262 cm³/mol.